The number of nitro groups is 1. The summed E-state index contributed by atoms with van der Waals surface area (Å²) < 4.78 is 0. The van der Waals surface area contributed by atoms with Crippen molar-refractivity contribution in [3.63, 3.8) is 0 Å². The number of anilines is 1. The van der Waals surface area contributed by atoms with E-state index in [1.807, 2.05) is 0 Å². The molecule has 17 heavy (non-hydrogen) atoms. The van der Waals surface area contributed by atoms with Crippen LogP contribution in [0.2, 0.25) is 5.02 Å². The van der Waals surface area contributed by atoms with Gasteiger partial charge in [0.2, 0.25) is 0 Å². The summed E-state index contributed by atoms with van der Waals surface area (Å²) in [5.74, 6) is 0.0918. The van der Waals surface area contributed by atoms with E-state index in [0.29, 0.717) is 11.0 Å². The molecule has 0 unspecified atom stereocenters. The molecule has 0 aliphatic heterocycles. The van der Waals surface area contributed by atoms with E-state index in [1.54, 1.807) is 0 Å². The molecule has 0 amide bonds. The monoisotopic (exact) mass is 254 g/mol. The number of nitrogens with one attached hydrogen (secondary N) is 2. The maximum absolute atomic E-state index is 11.4. The highest BCUT2D eigenvalue weighted by Crippen LogP contribution is 2.27. The molecule has 0 saturated heterocycles. The fraction of sp³-hybridized carbons (Fsp3) is 0.111. The number of rotatable bonds is 2. The van der Waals surface area contributed by atoms with Gasteiger partial charge in [-0.3, -0.25) is 14.9 Å². The average molecular weight is 255 g/mol. The maximum Gasteiger partial charge on any atom is 0.291 e. The molecular formula is C9H7ClN4O3. The lowest BCUT2D eigenvalue weighted by Crippen LogP contribution is -2.13. The van der Waals surface area contributed by atoms with Crippen molar-refractivity contribution >= 4 is 34.1 Å². The Labute approximate surface area is 99.6 Å². The van der Waals surface area contributed by atoms with Crippen LogP contribution in [0.4, 0.5) is 11.5 Å². The molecule has 0 aliphatic carbocycles. The first-order valence-corrected chi connectivity index (χ1v) is 4.96. The zero-order valence-electron chi connectivity index (χ0n) is 8.65. The van der Waals surface area contributed by atoms with Gasteiger partial charge in [0.05, 0.1) is 16.0 Å². The molecule has 1 aromatic heterocycles. The highest BCUT2D eigenvalue weighted by Gasteiger charge is 2.15. The van der Waals surface area contributed by atoms with Crippen LogP contribution in [0.1, 0.15) is 0 Å². The highest BCUT2D eigenvalue weighted by atomic mass is 35.5. The van der Waals surface area contributed by atoms with Gasteiger partial charge in [0.1, 0.15) is 5.02 Å². The lowest BCUT2D eigenvalue weighted by atomic mass is 10.2. The standard InChI is InChI=1S/C9H7ClN4O3/c1-11-8-9(15)13-5-2-4(10)7(14(16)17)3-6(5)12-8/h2-3H,1H3,(H,11,12)(H,13,15). The SMILES string of the molecule is CNc1nc2cc([N+](=O)[O-])c(Cl)cc2[nH]c1=O. The van der Waals surface area contributed by atoms with Crippen molar-refractivity contribution < 1.29 is 4.92 Å². The molecule has 2 N–H and O–H groups in total. The Kier molecular flexibility index (Phi) is 2.68. The number of hydrogen-bond acceptors (Lipinski definition) is 5. The third-order valence-corrected chi connectivity index (χ3v) is 2.50. The van der Waals surface area contributed by atoms with Gasteiger partial charge in [-0.05, 0) is 6.07 Å². The van der Waals surface area contributed by atoms with Gasteiger partial charge < -0.3 is 10.3 Å². The number of nitro benzene ring substituents is 1. The summed E-state index contributed by atoms with van der Waals surface area (Å²) in [6, 6.07) is 2.53. The van der Waals surface area contributed by atoms with Gasteiger partial charge in [-0.1, -0.05) is 11.6 Å². The van der Waals surface area contributed by atoms with Crippen LogP contribution in [0.15, 0.2) is 16.9 Å². The molecule has 88 valence electrons. The number of aromatic amines is 1. The molecular weight excluding hydrogens is 248 g/mol. The number of aromatic nitrogens is 2. The van der Waals surface area contributed by atoms with E-state index in [4.69, 9.17) is 11.6 Å². The van der Waals surface area contributed by atoms with Crippen LogP contribution in [-0.2, 0) is 0 Å². The molecule has 0 fully saturated rings. The van der Waals surface area contributed by atoms with Gasteiger partial charge in [0.15, 0.2) is 5.82 Å². The predicted octanol–water partition coefficient (Wildman–Crippen LogP) is 1.53. The number of hydrogen-bond donors (Lipinski definition) is 2. The van der Waals surface area contributed by atoms with Crippen molar-refractivity contribution in [3.8, 4) is 0 Å². The second-order valence-electron chi connectivity index (χ2n) is 3.24. The van der Waals surface area contributed by atoms with E-state index >= 15 is 0 Å². The van der Waals surface area contributed by atoms with Crippen LogP contribution >= 0.6 is 11.6 Å². The molecule has 7 nitrogen and oxygen atoms in total. The number of fused-ring (bicyclic) bond motifs is 1. The topological polar surface area (TPSA) is 101 Å². The second-order valence-corrected chi connectivity index (χ2v) is 3.65. The quantitative estimate of drug-likeness (QED) is 0.625. The van der Waals surface area contributed by atoms with Crippen LogP contribution in [0.25, 0.3) is 11.0 Å². The minimum atomic E-state index is -0.604. The van der Waals surface area contributed by atoms with Gasteiger partial charge in [0, 0.05) is 13.1 Å². The summed E-state index contributed by atoms with van der Waals surface area (Å²) in [6.07, 6.45) is 0. The Morgan fingerprint density at radius 2 is 2.24 bits per heavy atom. The molecule has 1 heterocycles. The lowest BCUT2D eigenvalue weighted by Gasteiger charge is -2.02. The molecule has 8 heteroatoms. The smallest absolute Gasteiger partial charge is 0.291 e. The molecule has 0 radical (unpaired) electrons. The molecule has 1 aromatic carbocycles. The maximum atomic E-state index is 11.4. The van der Waals surface area contributed by atoms with Crippen molar-refractivity contribution in [2.45, 2.75) is 0 Å². The number of nitrogens with zero attached hydrogens (tertiary/aromatic N) is 2. The number of H-pyrrole nitrogens is 1. The zero-order valence-corrected chi connectivity index (χ0v) is 9.41. The summed E-state index contributed by atoms with van der Waals surface area (Å²) in [5, 5.41) is 13.2. The zero-order chi connectivity index (χ0) is 12.6. The second kappa shape index (κ2) is 4.02. The van der Waals surface area contributed by atoms with Gasteiger partial charge in [-0.2, -0.15) is 0 Å². The first-order chi connectivity index (χ1) is 8.02. The Bertz CT molecular complexity index is 667. The minimum Gasteiger partial charge on any atom is -0.369 e. The largest absolute Gasteiger partial charge is 0.369 e. The summed E-state index contributed by atoms with van der Waals surface area (Å²) in [6.45, 7) is 0. The molecule has 0 spiro atoms. The van der Waals surface area contributed by atoms with Gasteiger partial charge in [-0.15, -0.1) is 0 Å². The summed E-state index contributed by atoms with van der Waals surface area (Å²) in [4.78, 5) is 28.0. The van der Waals surface area contributed by atoms with Crippen LogP contribution in [0.3, 0.4) is 0 Å². The molecule has 0 atom stereocenters. The first kappa shape index (κ1) is 11.3. The van der Waals surface area contributed by atoms with Crippen LogP contribution in [0.5, 0.6) is 0 Å². The van der Waals surface area contributed by atoms with E-state index < -0.39 is 10.5 Å². The van der Waals surface area contributed by atoms with Crippen molar-refractivity contribution in [2.24, 2.45) is 0 Å². The Hall–Kier alpha value is -2.15. The highest BCUT2D eigenvalue weighted by molar-refractivity contribution is 6.33. The number of benzene rings is 1. The number of halogens is 1. The normalized spacial score (nSPS) is 10.5. The fourth-order valence-electron chi connectivity index (χ4n) is 1.41. The minimum absolute atomic E-state index is 0.0443. The van der Waals surface area contributed by atoms with Crippen LogP contribution in [0, 0.1) is 10.1 Å². The van der Waals surface area contributed by atoms with E-state index in [-0.39, 0.29) is 16.5 Å². The summed E-state index contributed by atoms with van der Waals surface area (Å²) in [5.41, 5.74) is -0.0136. The van der Waals surface area contributed by atoms with Crippen LogP contribution in [-0.4, -0.2) is 21.9 Å². The van der Waals surface area contributed by atoms with Gasteiger partial charge in [-0.25, -0.2) is 4.98 Å². The van der Waals surface area contributed by atoms with E-state index in [1.165, 1.54) is 19.2 Å². The molecule has 0 bridgehead atoms. The first-order valence-electron chi connectivity index (χ1n) is 4.58. The lowest BCUT2D eigenvalue weighted by molar-refractivity contribution is -0.384. The Balaban J connectivity index is 2.80. The van der Waals surface area contributed by atoms with Crippen molar-refractivity contribution in [1.29, 1.82) is 0 Å². The van der Waals surface area contributed by atoms with Gasteiger partial charge >= 0.3 is 0 Å². The van der Waals surface area contributed by atoms with Crippen molar-refractivity contribution in [1.82, 2.24) is 9.97 Å². The summed E-state index contributed by atoms with van der Waals surface area (Å²) in [7, 11) is 1.54. The van der Waals surface area contributed by atoms with Crippen LogP contribution < -0.4 is 10.9 Å². The fourth-order valence-corrected chi connectivity index (χ4v) is 1.64. The Morgan fingerprint density at radius 1 is 1.53 bits per heavy atom. The predicted molar refractivity (Wildman–Crippen MR) is 63.6 cm³/mol. The Morgan fingerprint density at radius 3 is 2.82 bits per heavy atom. The average Bonchev–Trinajstić information content (AvgIpc) is 2.27. The van der Waals surface area contributed by atoms with E-state index in [9.17, 15) is 14.9 Å². The van der Waals surface area contributed by atoms with E-state index in [2.05, 4.69) is 15.3 Å². The van der Waals surface area contributed by atoms with Gasteiger partial charge in [0.25, 0.3) is 11.2 Å². The van der Waals surface area contributed by atoms with Crippen molar-refractivity contribution in [2.75, 3.05) is 12.4 Å². The third-order valence-electron chi connectivity index (χ3n) is 2.19. The molecule has 0 aliphatic rings. The third kappa shape index (κ3) is 1.92. The van der Waals surface area contributed by atoms with Crippen molar-refractivity contribution in [3.05, 3.63) is 37.6 Å². The van der Waals surface area contributed by atoms with E-state index in [0.717, 1.165) is 0 Å². The molecule has 2 aromatic rings. The summed E-state index contributed by atoms with van der Waals surface area (Å²) >= 11 is 5.72. The molecule has 0 saturated carbocycles. The molecule has 2 rings (SSSR count).